The van der Waals surface area contributed by atoms with Crippen LogP contribution in [0.25, 0.3) is 0 Å². The molecule has 0 radical (unpaired) electrons. The van der Waals surface area contributed by atoms with Gasteiger partial charge in [0.1, 0.15) is 0 Å². The normalized spacial score (nSPS) is 17.3. The number of alkyl halides is 3. The minimum absolute atomic E-state index is 0.201. The van der Waals surface area contributed by atoms with Gasteiger partial charge < -0.3 is 5.73 Å². The highest BCUT2D eigenvalue weighted by atomic mass is 32.2. The Morgan fingerprint density at radius 1 is 1.22 bits per heavy atom. The molecule has 0 amide bonds. The molecule has 1 aromatic carbocycles. The second kappa shape index (κ2) is 5.43. The highest BCUT2D eigenvalue weighted by Crippen LogP contribution is 2.37. The molecule has 1 nitrogen and oxygen atoms in total. The van der Waals surface area contributed by atoms with Gasteiger partial charge in [-0.2, -0.15) is 13.2 Å². The molecule has 0 unspecified atom stereocenters. The molecule has 0 aliphatic heterocycles. The fourth-order valence-corrected chi connectivity index (χ4v) is 3.39. The maximum absolute atomic E-state index is 12.7. The molecule has 1 aliphatic rings. The van der Waals surface area contributed by atoms with Gasteiger partial charge in [0, 0.05) is 16.3 Å². The van der Waals surface area contributed by atoms with Gasteiger partial charge >= 0.3 is 6.18 Å². The zero-order valence-corrected chi connectivity index (χ0v) is 10.8. The lowest BCUT2D eigenvalue weighted by Gasteiger charge is -2.13. The number of anilines is 1. The maximum Gasteiger partial charge on any atom is 0.418 e. The maximum atomic E-state index is 12.7. The zero-order chi connectivity index (χ0) is 13.2. The Bertz CT molecular complexity index is 411. The first kappa shape index (κ1) is 13.6. The van der Waals surface area contributed by atoms with Crippen molar-refractivity contribution in [3.63, 3.8) is 0 Å². The molecule has 0 heterocycles. The van der Waals surface area contributed by atoms with Gasteiger partial charge in [0.05, 0.1) is 5.56 Å². The summed E-state index contributed by atoms with van der Waals surface area (Å²) in [7, 11) is 0. The summed E-state index contributed by atoms with van der Waals surface area (Å²) in [6.07, 6.45) is 0.539. The van der Waals surface area contributed by atoms with Crippen molar-refractivity contribution >= 4 is 17.4 Å². The van der Waals surface area contributed by atoms with E-state index >= 15 is 0 Å². The van der Waals surface area contributed by atoms with E-state index in [4.69, 9.17) is 5.73 Å². The number of hydrogen-bond donors (Lipinski definition) is 1. The monoisotopic (exact) mass is 275 g/mol. The number of nitrogen functional groups attached to an aromatic ring is 1. The summed E-state index contributed by atoms with van der Waals surface area (Å²) in [6, 6.07) is 4.18. The van der Waals surface area contributed by atoms with E-state index in [0.29, 0.717) is 10.8 Å². The van der Waals surface area contributed by atoms with Gasteiger partial charge in [0.2, 0.25) is 0 Å². The Balaban J connectivity index is 2.04. The van der Waals surface area contributed by atoms with Gasteiger partial charge in [0.25, 0.3) is 0 Å². The lowest BCUT2D eigenvalue weighted by molar-refractivity contribution is -0.137. The number of halogens is 3. The number of nitrogens with two attached hydrogens (primary N) is 1. The number of thioether (sulfide) groups is 1. The Morgan fingerprint density at radius 2 is 1.89 bits per heavy atom. The largest absolute Gasteiger partial charge is 0.418 e. The molecule has 0 bridgehead atoms. The van der Waals surface area contributed by atoms with Crippen molar-refractivity contribution in [1.29, 1.82) is 0 Å². The van der Waals surface area contributed by atoms with E-state index in [1.54, 1.807) is 6.07 Å². The molecule has 0 atom stereocenters. The molecule has 0 aromatic heterocycles. The van der Waals surface area contributed by atoms with E-state index in [9.17, 15) is 13.2 Å². The first-order valence-electron chi connectivity index (χ1n) is 6.06. The van der Waals surface area contributed by atoms with Crippen LogP contribution in [0, 0.1) is 5.92 Å². The van der Waals surface area contributed by atoms with Crippen LogP contribution in [0.15, 0.2) is 23.1 Å². The predicted molar refractivity (Wildman–Crippen MR) is 68.5 cm³/mol. The lowest BCUT2D eigenvalue weighted by Crippen LogP contribution is -2.09. The highest BCUT2D eigenvalue weighted by molar-refractivity contribution is 7.99. The Hall–Kier alpha value is -0.840. The molecule has 1 aromatic rings. The van der Waals surface area contributed by atoms with E-state index < -0.39 is 11.7 Å². The van der Waals surface area contributed by atoms with Crippen molar-refractivity contribution in [2.24, 2.45) is 5.92 Å². The van der Waals surface area contributed by atoms with Crippen LogP contribution in [0.2, 0.25) is 0 Å². The van der Waals surface area contributed by atoms with E-state index in [0.717, 1.165) is 11.8 Å². The molecule has 5 heteroatoms. The molecule has 2 rings (SSSR count). The van der Waals surface area contributed by atoms with Crippen LogP contribution < -0.4 is 5.73 Å². The summed E-state index contributed by atoms with van der Waals surface area (Å²) >= 11 is 1.50. The zero-order valence-electron chi connectivity index (χ0n) is 9.96. The Morgan fingerprint density at radius 3 is 2.50 bits per heavy atom. The molecule has 0 saturated heterocycles. The van der Waals surface area contributed by atoms with Gasteiger partial charge in [-0.1, -0.05) is 12.8 Å². The van der Waals surface area contributed by atoms with E-state index in [1.165, 1.54) is 43.5 Å². The number of rotatable bonds is 3. The van der Waals surface area contributed by atoms with Crippen LogP contribution >= 0.6 is 11.8 Å². The fraction of sp³-hybridized carbons (Fsp3) is 0.538. The molecular weight excluding hydrogens is 259 g/mol. The fourth-order valence-electron chi connectivity index (χ4n) is 2.26. The lowest BCUT2D eigenvalue weighted by atomic mass is 10.1. The van der Waals surface area contributed by atoms with E-state index in [2.05, 4.69) is 0 Å². The molecule has 100 valence electrons. The van der Waals surface area contributed by atoms with Crippen molar-refractivity contribution in [2.45, 2.75) is 36.8 Å². The standard InChI is InChI=1S/C13H16F3NS/c14-13(15,16)11-7-10(5-6-12(11)17)18-8-9-3-1-2-4-9/h5-7,9H,1-4,8,17H2. The summed E-state index contributed by atoms with van der Waals surface area (Å²) < 4.78 is 38.0. The van der Waals surface area contributed by atoms with Crippen molar-refractivity contribution in [3.8, 4) is 0 Å². The van der Waals surface area contributed by atoms with E-state index in [1.807, 2.05) is 0 Å². The van der Waals surface area contributed by atoms with Crippen LogP contribution in [0.4, 0.5) is 18.9 Å². The predicted octanol–water partition coefficient (Wildman–Crippen LogP) is 4.57. The third-order valence-corrected chi connectivity index (χ3v) is 4.52. The first-order valence-corrected chi connectivity index (χ1v) is 7.05. The average Bonchev–Trinajstić information content (AvgIpc) is 2.79. The first-order chi connectivity index (χ1) is 8.47. The highest BCUT2D eigenvalue weighted by Gasteiger charge is 2.33. The SMILES string of the molecule is Nc1ccc(SCC2CCCC2)cc1C(F)(F)F. The van der Waals surface area contributed by atoms with Crippen LogP contribution in [0.3, 0.4) is 0 Å². The molecule has 0 spiro atoms. The van der Waals surface area contributed by atoms with Gasteiger partial charge in [-0.3, -0.25) is 0 Å². The summed E-state index contributed by atoms with van der Waals surface area (Å²) in [5.74, 6) is 1.56. The van der Waals surface area contributed by atoms with Crippen molar-refractivity contribution in [2.75, 3.05) is 11.5 Å². The molecule has 1 aliphatic carbocycles. The quantitative estimate of drug-likeness (QED) is 0.646. The topological polar surface area (TPSA) is 26.0 Å². The van der Waals surface area contributed by atoms with Gasteiger partial charge in [-0.25, -0.2) is 0 Å². The Kier molecular flexibility index (Phi) is 4.10. The smallest absolute Gasteiger partial charge is 0.398 e. The Labute approximate surface area is 109 Å². The minimum atomic E-state index is -4.37. The van der Waals surface area contributed by atoms with Crippen molar-refractivity contribution in [1.82, 2.24) is 0 Å². The number of hydrogen-bond acceptors (Lipinski definition) is 2. The van der Waals surface area contributed by atoms with E-state index in [-0.39, 0.29) is 5.69 Å². The summed E-state index contributed by atoms with van der Waals surface area (Å²) in [4.78, 5) is 0.656. The van der Waals surface area contributed by atoms with Crippen LogP contribution in [-0.2, 0) is 6.18 Å². The summed E-state index contributed by atoms with van der Waals surface area (Å²) in [5.41, 5.74) is 4.44. The van der Waals surface area contributed by atoms with Crippen LogP contribution in [0.1, 0.15) is 31.2 Å². The molecule has 18 heavy (non-hydrogen) atoms. The average molecular weight is 275 g/mol. The second-order valence-electron chi connectivity index (χ2n) is 4.71. The second-order valence-corrected chi connectivity index (χ2v) is 5.80. The summed E-state index contributed by atoms with van der Waals surface area (Å²) in [5, 5.41) is 0. The van der Waals surface area contributed by atoms with Crippen LogP contribution in [-0.4, -0.2) is 5.75 Å². The van der Waals surface area contributed by atoms with Crippen molar-refractivity contribution in [3.05, 3.63) is 23.8 Å². The molecular formula is C13H16F3NS. The van der Waals surface area contributed by atoms with Gasteiger partial charge in [0.15, 0.2) is 0 Å². The molecule has 1 fully saturated rings. The van der Waals surface area contributed by atoms with Crippen molar-refractivity contribution < 1.29 is 13.2 Å². The number of benzene rings is 1. The molecule has 2 N–H and O–H groups in total. The third-order valence-electron chi connectivity index (χ3n) is 3.29. The molecule has 1 saturated carbocycles. The van der Waals surface area contributed by atoms with Crippen LogP contribution in [0.5, 0.6) is 0 Å². The third kappa shape index (κ3) is 3.34. The van der Waals surface area contributed by atoms with Gasteiger partial charge in [-0.15, -0.1) is 11.8 Å². The minimum Gasteiger partial charge on any atom is -0.398 e. The summed E-state index contributed by atoms with van der Waals surface area (Å²) in [6.45, 7) is 0. The van der Waals surface area contributed by atoms with Gasteiger partial charge in [-0.05, 0) is 37.0 Å².